The molecule has 4 heteroatoms. The molecule has 1 aromatic carbocycles. The number of ether oxygens (including phenoxy) is 1. The first kappa shape index (κ1) is 14.1. The summed E-state index contributed by atoms with van der Waals surface area (Å²) in [4.78, 5) is 11.5. The van der Waals surface area contributed by atoms with Crippen LogP contribution in [0.2, 0.25) is 0 Å². The maximum absolute atomic E-state index is 11.5. The first-order chi connectivity index (χ1) is 9.69. The van der Waals surface area contributed by atoms with E-state index in [1.807, 2.05) is 18.2 Å². The van der Waals surface area contributed by atoms with E-state index >= 15 is 0 Å². The summed E-state index contributed by atoms with van der Waals surface area (Å²) >= 11 is 3.55. The van der Waals surface area contributed by atoms with E-state index < -0.39 is 0 Å². The van der Waals surface area contributed by atoms with Crippen molar-refractivity contribution in [1.82, 2.24) is 5.32 Å². The Balaban J connectivity index is 1.63. The topological polar surface area (TPSA) is 38.3 Å². The predicted molar refractivity (Wildman–Crippen MR) is 81.6 cm³/mol. The van der Waals surface area contributed by atoms with Gasteiger partial charge in [0.15, 0.2) is 0 Å². The SMILES string of the molecule is COC(=O)c1ccc(CNC(C2CC2)C2CC2)c(Br)c1. The second-order valence-electron chi connectivity index (χ2n) is 5.88. The van der Waals surface area contributed by atoms with Gasteiger partial charge in [0.2, 0.25) is 0 Å². The van der Waals surface area contributed by atoms with Gasteiger partial charge in [0, 0.05) is 17.1 Å². The monoisotopic (exact) mass is 337 g/mol. The fourth-order valence-corrected chi connectivity index (χ4v) is 3.31. The van der Waals surface area contributed by atoms with Crippen molar-refractivity contribution in [3.8, 4) is 0 Å². The van der Waals surface area contributed by atoms with E-state index in [1.54, 1.807) is 0 Å². The molecule has 0 aliphatic heterocycles. The zero-order valence-corrected chi connectivity index (χ0v) is 13.3. The van der Waals surface area contributed by atoms with Gasteiger partial charge in [-0.25, -0.2) is 4.79 Å². The van der Waals surface area contributed by atoms with Gasteiger partial charge in [-0.3, -0.25) is 0 Å². The largest absolute Gasteiger partial charge is 0.465 e. The summed E-state index contributed by atoms with van der Waals surface area (Å²) in [5, 5.41) is 3.72. The van der Waals surface area contributed by atoms with Crippen molar-refractivity contribution in [2.75, 3.05) is 7.11 Å². The Labute approximate surface area is 128 Å². The molecule has 3 nitrogen and oxygen atoms in total. The standard InChI is InChI=1S/C16H20BrNO2/c1-20-16(19)12-6-7-13(14(17)8-12)9-18-15(10-2-3-10)11-4-5-11/h6-8,10-11,15,18H,2-5,9H2,1H3. The Morgan fingerprint density at radius 3 is 2.50 bits per heavy atom. The minimum Gasteiger partial charge on any atom is -0.465 e. The third-order valence-corrected chi connectivity index (χ3v) is 5.00. The fourth-order valence-electron chi connectivity index (χ4n) is 2.79. The van der Waals surface area contributed by atoms with Crippen LogP contribution >= 0.6 is 15.9 Å². The minimum atomic E-state index is -0.293. The Bertz CT molecular complexity index is 497. The second-order valence-corrected chi connectivity index (χ2v) is 6.73. The molecule has 1 aromatic rings. The molecule has 20 heavy (non-hydrogen) atoms. The number of halogens is 1. The molecule has 3 rings (SSSR count). The van der Waals surface area contributed by atoms with Crippen molar-refractivity contribution in [1.29, 1.82) is 0 Å². The third kappa shape index (κ3) is 3.23. The molecule has 2 fully saturated rings. The molecule has 0 radical (unpaired) electrons. The van der Waals surface area contributed by atoms with Crippen LogP contribution in [0.5, 0.6) is 0 Å². The molecule has 0 unspecified atom stereocenters. The van der Waals surface area contributed by atoms with Crippen LogP contribution in [0.15, 0.2) is 22.7 Å². The molecule has 0 spiro atoms. The van der Waals surface area contributed by atoms with Crippen molar-refractivity contribution < 1.29 is 9.53 Å². The summed E-state index contributed by atoms with van der Waals surface area (Å²) in [5.74, 6) is 1.50. The van der Waals surface area contributed by atoms with Gasteiger partial charge in [-0.15, -0.1) is 0 Å². The van der Waals surface area contributed by atoms with Crippen molar-refractivity contribution >= 4 is 21.9 Å². The quantitative estimate of drug-likeness (QED) is 0.807. The van der Waals surface area contributed by atoms with Crippen LogP contribution in [0.4, 0.5) is 0 Å². The Kier molecular flexibility index (Phi) is 4.13. The number of methoxy groups -OCH3 is 1. The average molecular weight is 338 g/mol. The summed E-state index contributed by atoms with van der Waals surface area (Å²) < 4.78 is 5.70. The van der Waals surface area contributed by atoms with Crippen molar-refractivity contribution in [3.63, 3.8) is 0 Å². The number of hydrogen-bond acceptors (Lipinski definition) is 3. The van der Waals surface area contributed by atoms with Crippen molar-refractivity contribution in [3.05, 3.63) is 33.8 Å². The lowest BCUT2D eigenvalue weighted by Gasteiger charge is -2.18. The van der Waals surface area contributed by atoms with Gasteiger partial charge in [0.25, 0.3) is 0 Å². The lowest BCUT2D eigenvalue weighted by molar-refractivity contribution is 0.0600. The zero-order chi connectivity index (χ0) is 14.1. The van der Waals surface area contributed by atoms with E-state index in [9.17, 15) is 4.79 Å². The molecule has 0 saturated heterocycles. The zero-order valence-electron chi connectivity index (χ0n) is 11.7. The van der Waals surface area contributed by atoms with Gasteiger partial charge in [0.05, 0.1) is 12.7 Å². The fraction of sp³-hybridized carbons (Fsp3) is 0.562. The average Bonchev–Trinajstić information content (AvgIpc) is 3.32. The smallest absolute Gasteiger partial charge is 0.337 e. The van der Waals surface area contributed by atoms with Gasteiger partial charge < -0.3 is 10.1 Å². The molecule has 0 aromatic heterocycles. The molecular weight excluding hydrogens is 318 g/mol. The van der Waals surface area contributed by atoms with E-state index in [0.717, 1.165) is 22.9 Å². The maximum Gasteiger partial charge on any atom is 0.337 e. The highest BCUT2D eigenvalue weighted by atomic mass is 79.9. The number of benzene rings is 1. The molecule has 108 valence electrons. The Morgan fingerprint density at radius 1 is 1.35 bits per heavy atom. The van der Waals surface area contributed by atoms with Gasteiger partial charge >= 0.3 is 5.97 Å². The number of esters is 1. The van der Waals surface area contributed by atoms with Crippen molar-refractivity contribution in [2.45, 2.75) is 38.3 Å². The molecule has 0 atom stereocenters. The van der Waals surface area contributed by atoms with Crippen LogP contribution in [0.1, 0.15) is 41.6 Å². The van der Waals surface area contributed by atoms with Crippen molar-refractivity contribution in [2.24, 2.45) is 11.8 Å². The number of hydrogen-bond donors (Lipinski definition) is 1. The van der Waals surface area contributed by atoms with Gasteiger partial charge in [-0.1, -0.05) is 22.0 Å². The first-order valence-electron chi connectivity index (χ1n) is 7.29. The van der Waals surface area contributed by atoms with E-state index in [4.69, 9.17) is 4.74 Å². The summed E-state index contributed by atoms with van der Waals surface area (Å²) in [7, 11) is 1.40. The van der Waals surface area contributed by atoms with Crippen LogP contribution in [0, 0.1) is 11.8 Å². The van der Waals surface area contributed by atoms with Crippen LogP contribution in [-0.4, -0.2) is 19.1 Å². The highest BCUT2D eigenvalue weighted by molar-refractivity contribution is 9.10. The molecular formula is C16H20BrNO2. The summed E-state index contributed by atoms with van der Waals surface area (Å²) in [5.41, 5.74) is 1.79. The Morgan fingerprint density at radius 2 is 2.00 bits per heavy atom. The molecule has 0 amide bonds. The molecule has 2 aliphatic rings. The summed E-state index contributed by atoms with van der Waals surface area (Å²) in [6.07, 6.45) is 5.54. The lowest BCUT2D eigenvalue weighted by atomic mass is 10.1. The third-order valence-electron chi connectivity index (χ3n) is 4.26. The van der Waals surface area contributed by atoms with Gasteiger partial charge in [0.1, 0.15) is 0 Å². The molecule has 0 bridgehead atoms. The lowest BCUT2D eigenvalue weighted by Crippen LogP contribution is -2.32. The normalized spacial score (nSPS) is 18.4. The van der Waals surface area contributed by atoms with Gasteiger partial charge in [-0.05, 0) is 55.2 Å². The summed E-state index contributed by atoms with van der Waals surface area (Å²) in [6.45, 7) is 0.861. The molecule has 1 N–H and O–H groups in total. The van der Waals surface area contributed by atoms with Crippen LogP contribution in [0.25, 0.3) is 0 Å². The number of carbonyl (C=O) groups is 1. The van der Waals surface area contributed by atoms with E-state index in [0.29, 0.717) is 11.6 Å². The summed E-state index contributed by atoms with van der Waals surface area (Å²) in [6, 6.07) is 6.37. The van der Waals surface area contributed by atoms with Crippen LogP contribution in [-0.2, 0) is 11.3 Å². The predicted octanol–water partition coefficient (Wildman–Crippen LogP) is 3.51. The minimum absolute atomic E-state index is 0.293. The van der Waals surface area contributed by atoms with E-state index in [1.165, 1.54) is 38.4 Å². The van der Waals surface area contributed by atoms with Gasteiger partial charge in [-0.2, -0.15) is 0 Å². The Hall–Kier alpha value is -0.870. The molecule has 2 aliphatic carbocycles. The number of rotatable bonds is 6. The van der Waals surface area contributed by atoms with Crippen LogP contribution < -0.4 is 5.32 Å². The second kappa shape index (κ2) is 5.86. The highest BCUT2D eigenvalue weighted by Gasteiger charge is 2.40. The first-order valence-corrected chi connectivity index (χ1v) is 8.08. The number of carbonyl (C=O) groups excluding carboxylic acids is 1. The van der Waals surface area contributed by atoms with Crippen LogP contribution in [0.3, 0.4) is 0 Å². The number of nitrogens with one attached hydrogen (secondary N) is 1. The molecule has 0 heterocycles. The van der Waals surface area contributed by atoms with E-state index in [2.05, 4.69) is 21.2 Å². The van der Waals surface area contributed by atoms with E-state index in [-0.39, 0.29) is 5.97 Å². The highest BCUT2D eigenvalue weighted by Crippen LogP contribution is 2.44. The molecule has 2 saturated carbocycles. The maximum atomic E-state index is 11.5.